The summed E-state index contributed by atoms with van der Waals surface area (Å²) in [6.45, 7) is 1.46. The minimum Gasteiger partial charge on any atom is -0.543 e. The highest BCUT2D eigenvalue weighted by Gasteiger charge is 2.38. The summed E-state index contributed by atoms with van der Waals surface area (Å²) in [5.41, 5.74) is 0. The first-order valence-corrected chi connectivity index (χ1v) is 6.68. The summed E-state index contributed by atoms with van der Waals surface area (Å²) >= 11 is 0. The highest BCUT2D eigenvalue weighted by Crippen LogP contribution is 2.43. The summed E-state index contributed by atoms with van der Waals surface area (Å²) in [7, 11) is 4.94. The maximum atomic E-state index is 11.4. The van der Waals surface area contributed by atoms with Gasteiger partial charge in [-0.15, -0.1) is 0 Å². The van der Waals surface area contributed by atoms with Gasteiger partial charge in [0.2, 0.25) is 0 Å². The molecule has 0 amide bonds. The van der Waals surface area contributed by atoms with Crippen molar-refractivity contribution in [1.29, 1.82) is 0 Å². The Labute approximate surface area is 109 Å². The smallest absolute Gasteiger partial charge is 0.378 e. The largest absolute Gasteiger partial charge is 0.543 e. The van der Waals surface area contributed by atoms with Gasteiger partial charge in [0.05, 0.1) is 5.92 Å². The summed E-state index contributed by atoms with van der Waals surface area (Å²) in [5, 5.41) is 0. The molecule has 0 aromatic carbocycles. The van der Waals surface area contributed by atoms with E-state index in [0.717, 1.165) is 38.5 Å². The average Bonchev–Trinajstić information content (AvgIpc) is 2.36. The molecule has 0 aliphatic heterocycles. The van der Waals surface area contributed by atoms with Crippen LogP contribution in [0, 0.1) is 17.8 Å². The first-order valence-electron chi connectivity index (χ1n) is 6.68. The number of rotatable bonds is 2. The molecular weight excluding hydrogens is 231 g/mol. The van der Waals surface area contributed by atoms with Gasteiger partial charge in [0, 0.05) is 6.92 Å². The number of hydrogen-bond acceptors (Lipinski definition) is 4. The van der Waals surface area contributed by atoms with Crippen molar-refractivity contribution in [3.8, 4) is 0 Å². The van der Waals surface area contributed by atoms with Crippen molar-refractivity contribution in [1.82, 2.24) is 0 Å². The quantitative estimate of drug-likeness (QED) is 0.553. The molecule has 4 unspecified atom stereocenters. The van der Waals surface area contributed by atoms with E-state index >= 15 is 0 Å². The topological polar surface area (TPSA) is 52.6 Å². The van der Waals surface area contributed by atoms with Crippen LogP contribution in [0.15, 0.2) is 0 Å². The lowest BCUT2D eigenvalue weighted by Gasteiger charge is -2.41. The highest BCUT2D eigenvalue weighted by atomic mass is 16.5. The van der Waals surface area contributed by atoms with Crippen molar-refractivity contribution >= 4 is 20.0 Å². The van der Waals surface area contributed by atoms with E-state index in [9.17, 15) is 9.59 Å². The van der Waals surface area contributed by atoms with Gasteiger partial charge in [-0.3, -0.25) is 9.59 Å². The second-order valence-electron chi connectivity index (χ2n) is 5.51. The lowest BCUT2D eigenvalue weighted by molar-refractivity contribution is -0.150. The van der Waals surface area contributed by atoms with Crippen LogP contribution in [-0.4, -0.2) is 26.1 Å². The summed E-state index contributed by atoms with van der Waals surface area (Å²) in [4.78, 5) is 22.4. The van der Waals surface area contributed by atoms with Crippen LogP contribution >= 0.6 is 0 Å². The van der Waals surface area contributed by atoms with Crippen LogP contribution in [0.1, 0.15) is 45.4 Å². The van der Waals surface area contributed by atoms with Crippen molar-refractivity contribution in [2.45, 2.75) is 51.6 Å². The van der Waals surface area contributed by atoms with Gasteiger partial charge < -0.3 is 9.39 Å². The molecule has 2 radical (unpaired) electrons. The molecule has 2 fully saturated rings. The predicted octanol–water partition coefficient (Wildman–Crippen LogP) is 1.76. The molecule has 2 rings (SSSR count). The molecule has 0 N–H and O–H groups in total. The molecule has 5 heteroatoms. The molecule has 0 bridgehead atoms. The summed E-state index contributed by atoms with van der Waals surface area (Å²) < 4.78 is 9.62. The number of esters is 1. The SMILES string of the molecule is [B]OC(=O)C1CCC2CC(OC(C)=O)CCC2C1. The van der Waals surface area contributed by atoms with E-state index in [1.54, 1.807) is 0 Å². The van der Waals surface area contributed by atoms with Gasteiger partial charge in [-0.2, -0.15) is 0 Å². The minimum absolute atomic E-state index is 0.0403. The third-order valence-electron chi connectivity index (χ3n) is 4.35. The predicted molar refractivity (Wildman–Crippen MR) is 65.6 cm³/mol. The third-order valence-corrected chi connectivity index (χ3v) is 4.35. The number of carbonyl (C=O) groups is 2. The number of hydrogen-bond donors (Lipinski definition) is 0. The van der Waals surface area contributed by atoms with Crippen molar-refractivity contribution in [2.75, 3.05) is 0 Å². The molecular formula is C13H19BO4. The van der Waals surface area contributed by atoms with Gasteiger partial charge in [-0.25, -0.2) is 0 Å². The molecule has 0 saturated heterocycles. The molecule has 0 spiro atoms. The Morgan fingerprint density at radius 1 is 1.06 bits per heavy atom. The van der Waals surface area contributed by atoms with Gasteiger partial charge in [0.15, 0.2) is 0 Å². The molecule has 4 atom stereocenters. The Morgan fingerprint density at radius 2 is 1.72 bits per heavy atom. The van der Waals surface area contributed by atoms with Crippen molar-refractivity contribution < 1.29 is 19.0 Å². The van der Waals surface area contributed by atoms with E-state index in [0.29, 0.717) is 11.8 Å². The fraction of sp³-hybridized carbons (Fsp3) is 0.846. The maximum Gasteiger partial charge on any atom is 0.378 e. The van der Waals surface area contributed by atoms with Gasteiger partial charge >= 0.3 is 14.0 Å². The van der Waals surface area contributed by atoms with Crippen molar-refractivity contribution in [3.63, 3.8) is 0 Å². The lowest BCUT2D eigenvalue weighted by atomic mass is 9.67. The van der Waals surface area contributed by atoms with E-state index < -0.39 is 0 Å². The molecule has 0 aromatic rings. The van der Waals surface area contributed by atoms with E-state index in [1.165, 1.54) is 6.92 Å². The normalized spacial score (nSPS) is 35.4. The van der Waals surface area contributed by atoms with Gasteiger partial charge in [-0.05, 0) is 50.4 Å². The number of fused-ring (bicyclic) bond motifs is 1. The van der Waals surface area contributed by atoms with Crippen LogP contribution in [0.5, 0.6) is 0 Å². The molecule has 18 heavy (non-hydrogen) atoms. The fourth-order valence-corrected chi connectivity index (χ4v) is 3.50. The number of ether oxygens (including phenoxy) is 1. The lowest BCUT2D eigenvalue weighted by Crippen LogP contribution is -2.36. The van der Waals surface area contributed by atoms with Crippen molar-refractivity contribution in [3.05, 3.63) is 0 Å². The van der Waals surface area contributed by atoms with Crippen LogP contribution in [0.3, 0.4) is 0 Å². The van der Waals surface area contributed by atoms with Crippen LogP contribution < -0.4 is 0 Å². The van der Waals surface area contributed by atoms with Crippen molar-refractivity contribution in [2.24, 2.45) is 17.8 Å². The Bertz CT molecular complexity index is 331. The highest BCUT2D eigenvalue weighted by molar-refractivity contribution is 6.05. The monoisotopic (exact) mass is 250 g/mol. The first kappa shape index (κ1) is 13.4. The fourth-order valence-electron chi connectivity index (χ4n) is 3.50. The molecule has 0 aromatic heterocycles. The van der Waals surface area contributed by atoms with E-state index in [4.69, 9.17) is 12.8 Å². The van der Waals surface area contributed by atoms with Gasteiger partial charge in [-0.1, -0.05) is 0 Å². The average molecular weight is 250 g/mol. The standard InChI is InChI=1S/C13H19BO4/c1-8(15)17-12-5-4-9-6-11(13(16)18-14)3-2-10(9)7-12/h9-12H,2-7H2,1H3. The Kier molecular flexibility index (Phi) is 4.30. The van der Waals surface area contributed by atoms with Crippen LogP contribution in [0.4, 0.5) is 0 Å². The second-order valence-corrected chi connectivity index (χ2v) is 5.51. The Balaban J connectivity index is 1.87. The van der Waals surface area contributed by atoms with Gasteiger partial charge in [0.1, 0.15) is 6.10 Å². The molecule has 0 heterocycles. The van der Waals surface area contributed by atoms with E-state index in [-0.39, 0.29) is 24.0 Å². The molecule has 4 nitrogen and oxygen atoms in total. The molecule has 2 saturated carbocycles. The molecule has 2 aliphatic rings. The second kappa shape index (κ2) is 5.76. The molecule has 2 aliphatic carbocycles. The summed E-state index contributed by atoms with van der Waals surface area (Å²) in [6.07, 6.45) is 5.65. The maximum absolute atomic E-state index is 11.4. The zero-order valence-corrected chi connectivity index (χ0v) is 10.8. The van der Waals surface area contributed by atoms with Crippen LogP contribution in [0.2, 0.25) is 0 Å². The first-order chi connectivity index (χ1) is 8.60. The zero-order valence-electron chi connectivity index (χ0n) is 10.8. The third kappa shape index (κ3) is 3.06. The molecule has 98 valence electrons. The Morgan fingerprint density at radius 3 is 2.39 bits per heavy atom. The number of carbonyl (C=O) groups excluding carboxylic acids is 2. The van der Waals surface area contributed by atoms with Crippen LogP contribution in [-0.2, 0) is 19.0 Å². The Hall–Kier alpha value is -0.995. The van der Waals surface area contributed by atoms with Crippen LogP contribution in [0.25, 0.3) is 0 Å². The zero-order chi connectivity index (χ0) is 13.1. The van der Waals surface area contributed by atoms with Gasteiger partial charge in [0.25, 0.3) is 5.97 Å². The van der Waals surface area contributed by atoms with E-state index in [1.807, 2.05) is 0 Å². The minimum atomic E-state index is -0.282. The summed E-state index contributed by atoms with van der Waals surface area (Å²) in [6, 6.07) is 0. The van der Waals surface area contributed by atoms with E-state index in [2.05, 4.69) is 4.65 Å². The summed E-state index contributed by atoms with van der Waals surface area (Å²) in [5.74, 6) is 0.607.